The molecule has 2 heterocycles. The van der Waals surface area contributed by atoms with Gasteiger partial charge in [-0.05, 0) is 80.8 Å². The minimum absolute atomic E-state index is 0.0118. The lowest BCUT2D eigenvalue weighted by Gasteiger charge is -2.27. The van der Waals surface area contributed by atoms with Gasteiger partial charge in [-0.1, -0.05) is 18.2 Å². The Kier molecular flexibility index (Phi) is 5.25. The Balaban J connectivity index is 1.67. The zero-order valence-electron chi connectivity index (χ0n) is 17.8. The SMILES string of the molecule is Cc1cccc2cc(C[NH+](Cc3nnnn3C(C)(C)C)C3CCCC3)c(=O)[nH]c12. The Hall–Kier alpha value is -2.54. The van der Waals surface area contributed by atoms with E-state index in [0.717, 1.165) is 34.4 Å². The van der Waals surface area contributed by atoms with Crippen molar-refractivity contribution >= 4 is 10.9 Å². The molecule has 0 radical (unpaired) electrons. The third-order valence-corrected chi connectivity index (χ3v) is 6.07. The molecule has 29 heavy (non-hydrogen) atoms. The van der Waals surface area contributed by atoms with Gasteiger partial charge in [-0.3, -0.25) is 4.79 Å². The molecule has 1 fully saturated rings. The van der Waals surface area contributed by atoms with Crippen molar-refractivity contribution < 1.29 is 4.90 Å². The van der Waals surface area contributed by atoms with Crippen LogP contribution in [0.2, 0.25) is 0 Å². The molecule has 3 aromatic rings. The summed E-state index contributed by atoms with van der Waals surface area (Å²) in [4.78, 5) is 17.3. The summed E-state index contributed by atoms with van der Waals surface area (Å²) in [6.45, 7) is 9.76. The van der Waals surface area contributed by atoms with Crippen molar-refractivity contribution in [2.75, 3.05) is 0 Å². The molecule has 7 nitrogen and oxygen atoms in total. The third-order valence-electron chi connectivity index (χ3n) is 6.07. The number of para-hydroxylation sites is 1. The highest BCUT2D eigenvalue weighted by Crippen LogP contribution is 2.18. The van der Waals surface area contributed by atoms with Crippen LogP contribution in [0, 0.1) is 6.92 Å². The zero-order valence-corrected chi connectivity index (χ0v) is 17.8. The maximum absolute atomic E-state index is 12.8. The Morgan fingerprint density at radius 2 is 1.97 bits per heavy atom. The summed E-state index contributed by atoms with van der Waals surface area (Å²) < 4.78 is 1.91. The van der Waals surface area contributed by atoms with Crippen molar-refractivity contribution in [1.82, 2.24) is 25.2 Å². The molecule has 1 unspecified atom stereocenters. The maximum atomic E-state index is 12.8. The molecule has 0 amide bonds. The monoisotopic (exact) mass is 395 g/mol. The van der Waals surface area contributed by atoms with Crippen LogP contribution in [0.3, 0.4) is 0 Å². The van der Waals surface area contributed by atoms with E-state index in [4.69, 9.17) is 0 Å². The number of H-pyrrole nitrogens is 1. The van der Waals surface area contributed by atoms with Gasteiger partial charge in [-0.2, -0.15) is 0 Å². The molecule has 2 aromatic heterocycles. The average molecular weight is 396 g/mol. The van der Waals surface area contributed by atoms with Crippen LogP contribution >= 0.6 is 0 Å². The first-order chi connectivity index (χ1) is 13.8. The van der Waals surface area contributed by atoms with Crippen LogP contribution in [0.5, 0.6) is 0 Å². The topological polar surface area (TPSA) is 80.9 Å². The average Bonchev–Trinajstić information content (AvgIpc) is 3.34. The molecule has 1 aliphatic rings. The lowest BCUT2D eigenvalue weighted by atomic mass is 10.1. The first-order valence-electron chi connectivity index (χ1n) is 10.6. The number of fused-ring (bicyclic) bond motifs is 1. The minimum atomic E-state index is -0.169. The van der Waals surface area contributed by atoms with Gasteiger partial charge in [0.15, 0.2) is 0 Å². The summed E-state index contributed by atoms with van der Waals surface area (Å²) in [6, 6.07) is 8.73. The lowest BCUT2D eigenvalue weighted by Crippen LogP contribution is -3.13. The number of nitrogens with zero attached hydrogens (tertiary/aromatic N) is 4. The van der Waals surface area contributed by atoms with Crippen LogP contribution in [0.25, 0.3) is 10.9 Å². The second-order valence-electron chi connectivity index (χ2n) is 9.33. The highest BCUT2D eigenvalue weighted by molar-refractivity contribution is 5.81. The number of aryl methyl sites for hydroxylation is 1. The Labute approximate surface area is 171 Å². The van der Waals surface area contributed by atoms with Crippen molar-refractivity contribution in [3.05, 3.63) is 51.6 Å². The van der Waals surface area contributed by atoms with Gasteiger partial charge in [-0.25, -0.2) is 4.68 Å². The van der Waals surface area contributed by atoms with Gasteiger partial charge in [0.05, 0.1) is 22.7 Å². The Morgan fingerprint density at radius 3 is 2.69 bits per heavy atom. The smallest absolute Gasteiger partial charge is 0.257 e. The second kappa shape index (κ2) is 7.71. The van der Waals surface area contributed by atoms with E-state index in [1.54, 1.807) is 0 Å². The molecule has 0 aliphatic heterocycles. The molecule has 2 N–H and O–H groups in total. The number of benzene rings is 1. The van der Waals surface area contributed by atoms with Crippen LogP contribution in [-0.4, -0.2) is 31.2 Å². The number of aromatic nitrogens is 5. The van der Waals surface area contributed by atoms with E-state index in [-0.39, 0.29) is 11.1 Å². The summed E-state index contributed by atoms with van der Waals surface area (Å²) in [6.07, 6.45) is 4.89. The summed E-state index contributed by atoms with van der Waals surface area (Å²) in [5, 5.41) is 13.5. The molecule has 0 bridgehead atoms. The summed E-state index contributed by atoms with van der Waals surface area (Å²) in [5.41, 5.74) is 2.70. The van der Waals surface area contributed by atoms with Crippen molar-refractivity contribution in [2.45, 2.75) is 78.0 Å². The van der Waals surface area contributed by atoms with Gasteiger partial charge in [-0.15, -0.1) is 5.10 Å². The number of tetrazole rings is 1. The van der Waals surface area contributed by atoms with E-state index in [2.05, 4.69) is 53.4 Å². The van der Waals surface area contributed by atoms with Crippen LogP contribution in [0.1, 0.15) is 63.4 Å². The van der Waals surface area contributed by atoms with E-state index in [1.807, 2.05) is 23.7 Å². The summed E-state index contributed by atoms with van der Waals surface area (Å²) in [7, 11) is 0. The molecule has 0 spiro atoms. The molecular weight excluding hydrogens is 364 g/mol. The number of rotatable bonds is 5. The lowest BCUT2D eigenvalue weighted by molar-refractivity contribution is -0.952. The van der Waals surface area contributed by atoms with E-state index in [1.165, 1.54) is 30.6 Å². The fourth-order valence-corrected chi connectivity index (χ4v) is 4.53. The number of hydrogen-bond donors (Lipinski definition) is 2. The van der Waals surface area contributed by atoms with Gasteiger partial charge >= 0.3 is 0 Å². The van der Waals surface area contributed by atoms with Gasteiger partial charge in [0, 0.05) is 0 Å². The molecule has 0 saturated heterocycles. The fourth-order valence-electron chi connectivity index (χ4n) is 4.53. The molecule has 4 rings (SSSR count). The van der Waals surface area contributed by atoms with Crippen molar-refractivity contribution in [1.29, 1.82) is 0 Å². The Bertz CT molecular complexity index is 1060. The molecule has 7 heteroatoms. The fraction of sp³-hybridized carbons (Fsp3) is 0.545. The van der Waals surface area contributed by atoms with Crippen LogP contribution < -0.4 is 10.5 Å². The van der Waals surface area contributed by atoms with E-state index in [0.29, 0.717) is 12.6 Å². The number of quaternary nitrogens is 1. The zero-order chi connectivity index (χ0) is 20.6. The van der Waals surface area contributed by atoms with Gasteiger partial charge in [0.25, 0.3) is 5.56 Å². The number of hydrogen-bond acceptors (Lipinski definition) is 4. The van der Waals surface area contributed by atoms with Crippen LogP contribution in [0.4, 0.5) is 0 Å². The van der Waals surface area contributed by atoms with Gasteiger partial charge < -0.3 is 9.88 Å². The van der Waals surface area contributed by atoms with E-state index < -0.39 is 0 Å². The highest BCUT2D eigenvalue weighted by atomic mass is 16.1. The quantitative estimate of drug-likeness (QED) is 0.693. The second-order valence-corrected chi connectivity index (χ2v) is 9.33. The molecule has 154 valence electrons. The number of pyridine rings is 1. The van der Waals surface area contributed by atoms with E-state index in [9.17, 15) is 4.79 Å². The number of nitrogens with one attached hydrogen (secondary N) is 2. The number of aromatic amines is 1. The molecule has 1 aromatic carbocycles. The molecular formula is C22H31N6O+. The van der Waals surface area contributed by atoms with Gasteiger partial charge in [0.2, 0.25) is 5.82 Å². The van der Waals surface area contributed by atoms with Crippen LogP contribution in [-0.2, 0) is 18.6 Å². The normalized spacial score (nSPS) is 16.6. The van der Waals surface area contributed by atoms with Crippen molar-refractivity contribution in [3.8, 4) is 0 Å². The summed E-state index contributed by atoms with van der Waals surface area (Å²) >= 11 is 0. The third kappa shape index (κ3) is 4.10. The predicted octanol–water partition coefficient (Wildman–Crippen LogP) is 2.11. The first-order valence-corrected chi connectivity index (χ1v) is 10.6. The predicted molar refractivity (Wildman–Crippen MR) is 113 cm³/mol. The maximum Gasteiger partial charge on any atom is 0.257 e. The first kappa shape index (κ1) is 19.8. The molecule has 1 aliphatic carbocycles. The van der Waals surface area contributed by atoms with E-state index >= 15 is 0 Å². The van der Waals surface area contributed by atoms with Crippen LogP contribution in [0.15, 0.2) is 29.1 Å². The highest BCUT2D eigenvalue weighted by Gasteiger charge is 2.30. The standard InChI is InChI=1S/C22H30N6O/c1-15-8-7-9-16-12-17(21(29)23-20(15)16)13-27(18-10-5-6-11-18)14-19-24-25-26-28(19)22(2,3)4/h7-9,12,18H,5-6,10-11,13-14H2,1-4H3,(H,23,29)/p+1. The van der Waals surface area contributed by atoms with Crippen molar-refractivity contribution in [3.63, 3.8) is 0 Å². The van der Waals surface area contributed by atoms with Crippen molar-refractivity contribution in [2.24, 2.45) is 0 Å². The molecule has 1 atom stereocenters. The molecule has 1 saturated carbocycles. The minimum Gasteiger partial charge on any atom is -0.322 e. The largest absolute Gasteiger partial charge is 0.322 e. The summed E-state index contributed by atoms with van der Waals surface area (Å²) in [5.74, 6) is 0.882. The van der Waals surface area contributed by atoms with Gasteiger partial charge in [0.1, 0.15) is 13.1 Å². The Morgan fingerprint density at radius 1 is 1.21 bits per heavy atom.